The van der Waals surface area contributed by atoms with Gasteiger partial charge < -0.3 is 15.2 Å². The molecule has 0 spiro atoms. The minimum Gasteiger partial charge on any atom is -0.392 e. The van der Waals surface area contributed by atoms with E-state index < -0.39 is 41.2 Å². The predicted molar refractivity (Wildman–Crippen MR) is 102 cm³/mol. The molecule has 3 atom stereocenters. The van der Waals surface area contributed by atoms with Crippen LogP contribution in [0.2, 0.25) is 0 Å². The second-order valence-corrected chi connectivity index (χ2v) is 7.81. The van der Waals surface area contributed by atoms with E-state index >= 15 is 0 Å². The zero-order valence-electron chi connectivity index (χ0n) is 16.7. The first kappa shape index (κ1) is 23.6. The van der Waals surface area contributed by atoms with Crippen molar-refractivity contribution in [1.82, 2.24) is 5.32 Å². The average molecular weight is 447 g/mol. The van der Waals surface area contributed by atoms with Crippen molar-refractivity contribution in [2.45, 2.75) is 49.9 Å². The minimum absolute atomic E-state index is 0.0164. The standard InChI is InChI=1S/C22H23F6NO2/c1-14(15-9-17(21(23,24)25)11-18(10-15)22(26,27)28)31-13-20(8-7-19(30)12-29-20)16-5-3-2-4-6-16/h2-6,9-11,14,19,29-30H,7-8,12-13H2,1H3/t14?,19?,20-/m1/s1. The van der Waals surface area contributed by atoms with E-state index in [1.54, 1.807) is 0 Å². The van der Waals surface area contributed by atoms with E-state index in [1.165, 1.54) is 6.92 Å². The number of aliphatic hydroxyl groups is 1. The Labute approximate surface area is 176 Å². The van der Waals surface area contributed by atoms with Crippen molar-refractivity contribution < 1.29 is 36.2 Å². The van der Waals surface area contributed by atoms with E-state index in [0.717, 1.165) is 5.56 Å². The maximum absolute atomic E-state index is 13.2. The summed E-state index contributed by atoms with van der Waals surface area (Å²) in [7, 11) is 0. The van der Waals surface area contributed by atoms with Gasteiger partial charge in [0.05, 0.1) is 35.5 Å². The van der Waals surface area contributed by atoms with Gasteiger partial charge in [0.25, 0.3) is 0 Å². The molecule has 0 bridgehead atoms. The van der Waals surface area contributed by atoms with Crippen LogP contribution in [0, 0.1) is 0 Å². The molecule has 2 unspecified atom stereocenters. The molecule has 31 heavy (non-hydrogen) atoms. The molecule has 170 valence electrons. The van der Waals surface area contributed by atoms with Crippen LogP contribution >= 0.6 is 0 Å². The van der Waals surface area contributed by atoms with Crippen LogP contribution in [0.25, 0.3) is 0 Å². The Morgan fingerprint density at radius 1 is 1.03 bits per heavy atom. The molecule has 1 aliphatic rings. The average Bonchev–Trinajstić information content (AvgIpc) is 2.72. The van der Waals surface area contributed by atoms with Crippen molar-refractivity contribution in [3.63, 3.8) is 0 Å². The fourth-order valence-corrected chi connectivity index (χ4v) is 3.70. The quantitative estimate of drug-likeness (QED) is 0.600. The van der Waals surface area contributed by atoms with Gasteiger partial charge in [-0.15, -0.1) is 0 Å². The van der Waals surface area contributed by atoms with Gasteiger partial charge in [-0.1, -0.05) is 30.3 Å². The molecular weight excluding hydrogens is 424 g/mol. The lowest BCUT2D eigenvalue weighted by molar-refractivity contribution is -0.143. The maximum atomic E-state index is 13.2. The summed E-state index contributed by atoms with van der Waals surface area (Å²) in [5.41, 5.74) is -2.78. The first-order chi connectivity index (χ1) is 14.4. The molecule has 2 aromatic carbocycles. The number of alkyl halides is 6. The monoisotopic (exact) mass is 447 g/mol. The summed E-state index contributed by atoms with van der Waals surface area (Å²) in [5.74, 6) is 0. The molecule has 3 rings (SSSR count). The highest BCUT2D eigenvalue weighted by molar-refractivity contribution is 5.35. The highest BCUT2D eigenvalue weighted by Gasteiger charge is 2.39. The van der Waals surface area contributed by atoms with Gasteiger partial charge in [-0.25, -0.2) is 0 Å². The molecular formula is C22H23F6NO2. The SMILES string of the molecule is CC(OC[C@@]1(c2ccccc2)CCC(O)CN1)c1cc(C(F)(F)F)cc(C(F)(F)F)c1. The highest BCUT2D eigenvalue weighted by atomic mass is 19.4. The molecule has 2 aromatic rings. The van der Waals surface area contributed by atoms with Gasteiger partial charge in [-0.3, -0.25) is 0 Å². The number of piperidine rings is 1. The molecule has 1 fully saturated rings. The van der Waals surface area contributed by atoms with Crippen molar-refractivity contribution in [3.05, 3.63) is 70.8 Å². The molecule has 9 heteroatoms. The second kappa shape index (κ2) is 8.80. The molecule has 1 aliphatic heterocycles. The fourth-order valence-electron chi connectivity index (χ4n) is 3.70. The van der Waals surface area contributed by atoms with Gasteiger partial charge in [-0.05, 0) is 49.1 Å². The molecule has 0 aromatic heterocycles. The van der Waals surface area contributed by atoms with Crippen molar-refractivity contribution in [1.29, 1.82) is 0 Å². The Morgan fingerprint density at radius 3 is 2.10 bits per heavy atom. The number of halogens is 6. The molecule has 1 heterocycles. The third-order valence-electron chi connectivity index (χ3n) is 5.57. The van der Waals surface area contributed by atoms with Crippen LogP contribution < -0.4 is 5.32 Å². The van der Waals surface area contributed by atoms with Crippen LogP contribution in [-0.2, 0) is 22.6 Å². The van der Waals surface area contributed by atoms with E-state index in [0.29, 0.717) is 31.5 Å². The lowest BCUT2D eigenvalue weighted by atomic mass is 9.82. The van der Waals surface area contributed by atoms with Crippen LogP contribution in [0.15, 0.2) is 48.5 Å². The molecule has 2 N–H and O–H groups in total. The number of rotatable bonds is 5. The smallest absolute Gasteiger partial charge is 0.392 e. The summed E-state index contributed by atoms with van der Waals surface area (Å²) in [6.45, 7) is 1.74. The largest absolute Gasteiger partial charge is 0.416 e. The zero-order chi connectivity index (χ0) is 22.9. The number of β-amino-alcohol motifs (C(OH)–C–C–N with tert-alkyl or cyclic N) is 1. The summed E-state index contributed by atoms with van der Waals surface area (Å²) in [6.07, 6.45) is -10.4. The highest BCUT2D eigenvalue weighted by Crippen LogP contribution is 2.39. The fraction of sp³-hybridized carbons (Fsp3) is 0.455. The summed E-state index contributed by atoms with van der Waals surface area (Å²) >= 11 is 0. The Bertz CT molecular complexity index is 842. The summed E-state index contributed by atoms with van der Waals surface area (Å²) in [5, 5.41) is 13.1. The van der Waals surface area contributed by atoms with Crippen molar-refractivity contribution in [2.75, 3.05) is 13.2 Å². The Balaban J connectivity index is 1.87. The van der Waals surface area contributed by atoms with E-state index in [2.05, 4.69) is 5.32 Å². The number of ether oxygens (including phenoxy) is 1. The molecule has 1 saturated heterocycles. The summed E-state index contributed by atoms with van der Waals surface area (Å²) in [4.78, 5) is 0. The Hall–Kier alpha value is -2.10. The molecule has 0 saturated carbocycles. The lowest BCUT2D eigenvalue weighted by Gasteiger charge is -2.41. The van der Waals surface area contributed by atoms with Gasteiger partial charge >= 0.3 is 12.4 Å². The zero-order valence-corrected chi connectivity index (χ0v) is 16.7. The lowest BCUT2D eigenvalue weighted by Crippen LogP contribution is -2.53. The molecule has 0 radical (unpaired) electrons. The second-order valence-electron chi connectivity index (χ2n) is 7.81. The summed E-state index contributed by atoms with van der Waals surface area (Å²) < 4.78 is 84.7. The van der Waals surface area contributed by atoms with Crippen LogP contribution in [0.5, 0.6) is 0 Å². The van der Waals surface area contributed by atoms with Gasteiger partial charge in [0.2, 0.25) is 0 Å². The van der Waals surface area contributed by atoms with E-state index in [4.69, 9.17) is 4.74 Å². The summed E-state index contributed by atoms with van der Waals surface area (Å²) in [6, 6.07) is 10.7. The number of hydrogen-bond donors (Lipinski definition) is 2. The van der Waals surface area contributed by atoms with E-state index in [1.807, 2.05) is 30.3 Å². The van der Waals surface area contributed by atoms with Crippen molar-refractivity contribution >= 4 is 0 Å². The van der Waals surface area contributed by atoms with Gasteiger partial charge in [0.1, 0.15) is 0 Å². The van der Waals surface area contributed by atoms with Crippen LogP contribution in [0.1, 0.15) is 48.1 Å². The Morgan fingerprint density at radius 2 is 1.61 bits per heavy atom. The van der Waals surface area contributed by atoms with Gasteiger partial charge in [0, 0.05) is 6.54 Å². The van der Waals surface area contributed by atoms with Crippen LogP contribution in [0.3, 0.4) is 0 Å². The van der Waals surface area contributed by atoms with Crippen LogP contribution in [-0.4, -0.2) is 24.4 Å². The third-order valence-corrected chi connectivity index (χ3v) is 5.57. The number of hydrogen-bond acceptors (Lipinski definition) is 3. The van der Waals surface area contributed by atoms with Gasteiger partial charge in [-0.2, -0.15) is 26.3 Å². The first-order valence-electron chi connectivity index (χ1n) is 9.80. The number of aliphatic hydroxyl groups excluding tert-OH is 1. The molecule has 0 aliphatic carbocycles. The minimum atomic E-state index is -4.91. The topological polar surface area (TPSA) is 41.5 Å². The van der Waals surface area contributed by atoms with E-state index in [-0.39, 0.29) is 18.2 Å². The normalized spacial score (nSPS) is 23.5. The third kappa shape index (κ3) is 5.58. The van der Waals surface area contributed by atoms with Crippen molar-refractivity contribution in [2.24, 2.45) is 0 Å². The predicted octanol–water partition coefficient (Wildman–Crippen LogP) is 5.44. The van der Waals surface area contributed by atoms with E-state index in [9.17, 15) is 31.4 Å². The van der Waals surface area contributed by atoms with Crippen molar-refractivity contribution in [3.8, 4) is 0 Å². The van der Waals surface area contributed by atoms with Gasteiger partial charge in [0.15, 0.2) is 0 Å². The maximum Gasteiger partial charge on any atom is 0.416 e. The Kier molecular flexibility index (Phi) is 6.69. The number of benzene rings is 2. The molecule has 0 amide bonds. The molecule has 3 nitrogen and oxygen atoms in total. The van der Waals surface area contributed by atoms with Crippen LogP contribution in [0.4, 0.5) is 26.3 Å². The number of nitrogens with one attached hydrogen (secondary N) is 1. The first-order valence-corrected chi connectivity index (χ1v) is 9.80.